The van der Waals surface area contributed by atoms with Gasteiger partial charge in [-0.25, -0.2) is 9.97 Å². The molecule has 0 unspecified atom stereocenters. The van der Waals surface area contributed by atoms with E-state index >= 15 is 0 Å². The smallest absolute Gasteiger partial charge is 0.372 e. The summed E-state index contributed by atoms with van der Waals surface area (Å²) in [6.45, 7) is 1.25. The van der Waals surface area contributed by atoms with Crippen LogP contribution in [0.3, 0.4) is 0 Å². The second-order valence-corrected chi connectivity index (χ2v) is 6.69. The maximum atomic E-state index is 12.0. The van der Waals surface area contributed by atoms with Gasteiger partial charge in [0.05, 0.1) is 5.39 Å². The number of anilines is 1. The third-order valence-corrected chi connectivity index (χ3v) is 4.89. The van der Waals surface area contributed by atoms with E-state index in [2.05, 4.69) is 20.0 Å². The molecule has 0 spiro atoms. The average Bonchev–Trinajstić information content (AvgIpc) is 3.01. The lowest BCUT2D eigenvalue weighted by Gasteiger charge is -2.10. The second-order valence-electron chi connectivity index (χ2n) is 5.61. The van der Waals surface area contributed by atoms with Crippen molar-refractivity contribution in [2.75, 3.05) is 25.1 Å². The molecule has 1 aliphatic carbocycles. The van der Waals surface area contributed by atoms with Gasteiger partial charge in [0.2, 0.25) is 0 Å². The Bertz CT molecular complexity index is 699. The van der Waals surface area contributed by atoms with E-state index in [1.54, 1.807) is 11.3 Å². The molecule has 0 saturated heterocycles. The van der Waals surface area contributed by atoms with Gasteiger partial charge in [0, 0.05) is 18.0 Å². The lowest BCUT2D eigenvalue weighted by molar-refractivity contribution is -0.173. The topological polar surface area (TPSA) is 47.0 Å². The highest BCUT2D eigenvalue weighted by atomic mass is 32.1. The third-order valence-electron chi connectivity index (χ3n) is 3.70. The molecule has 0 aliphatic heterocycles. The molecule has 1 aliphatic rings. The van der Waals surface area contributed by atoms with Crippen LogP contribution in [0.25, 0.3) is 10.2 Å². The summed E-state index contributed by atoms with van der Waals surface area (Å²) in [5.41, 5.74) is 1.33. The average molecular weight is 345 g/mol. The van der Waals surface area contributed by atoms with E-state index in [4.69, 9.17) is 0 Å². The van der Waals surface area contributed by atoms with Crippen molar-refractivity contribution in [3.05, 3.63) is 16.3 Å². The van der Waals surface area contributed by atoms with Crippen LogP contribution in [-0.4, -0.2) is 35.9 Å². The normalized spacial score (nSPS) is 14.4. The number of aryl methyl sites for hydroxylation is 3. The Labute approximate surface area is 136 Å². The Morgan fingerprint density at radius 2 is 2.09 bits per heavy atom. The van der Waals surface area contributed by atoms with Gasteiger partial charge < -0.3 is 10.1 Å². The van der Waals surface area contributed by atoms with Crippen LogP contribution < -0.4 is 5.32 Å². The molecule has 4 nitrogen and oxygen atoms in total. The van der Waals surface area contributed by atoms with E-state index in [9.17, 15) is 13.2 Å². The van der Waals surface area contributed by atoms with Crippen LogP contribution in [0.1, 0.15) is 29.1 Å². The predicted molar refractivity (Wildman–Crippen MR) is 84.2 cm³/mol. The van der Waals surface area contributed by atoms with Gasteiger partial charge in [0.25, 0.3) is 0 Å². The number of nitrogens with zero attached hydrogens (tertiary/aromatic N) is 2. The molecular weight excluding hydrogens is 327 g/mol. The molecule has 23 heavy (non-hydrogen) atoms. The minimum absolute atomic E-state index is 0.0709. The first-order valence-electron chi connectivity index (χ1n) is 7.61. The van der Waals surface area contributed by atoms with Gasteiger partial charge in [0.15, 0.2) is 0 Å². The number of alkyl halides is 3. The van der Waals surface area contributed by atoms with Crippen molar-refractivity contribution in [2.45, 2.75) is 38.8 Å². The number of ether oxygens (including phenoxy) is 1. The SMILES string of the molecule is Cc1nc(NCCCOCC(F)(F)F)c2c3c(sc2n1)CCC3. The fraction of sp³-hybridized carbons (Fsp3) is 0.600. The van der Waals surface area contributed by atoms with Crippen molar-refractivity contribution in [1.82, 2.24) is 9.97 Å². The molecule has 0 aromatic carbocycles. The number of hydrogen-bond donors (Lipinski definition) is 1. The maximum absolute atomic E-state index is 12.0. The zero-order valence-corrected chi connectivity index (χ0v) is 13.6. The Balaban J connectivity index is 1.62. The number of hydrogen-bond acceptors (Lipinski definition) is 5. The van der Waals surface area contributed by atoms with Crippen molar-refractivity contribution in [3.8, 4) is 0 Å². The molecule has 0 saturated carbocycles. The summed E-state index contributed by atoms with van der Waals surface area (Å²) in [5, 5.41) is 4.32. The monoisotopic (exact) mass is 345 g/mol. The van der Waals surface area contributed by atoms with Crippen LogP contribution in [0.5, 0.6) is 0 Å². The van der Waals surface area contributed by atoms with Gasteiger partial charge in [-0.15, -0.1) is 11.3 Å². The number of halogens is 3. The predicted octanol–water partition coefficient (Wildman–Crippen LogP) is 3.87. The fourth-order valence-electron chi connectivity index (χ4n) is 2.80. The molecule has 0 fully saturated rings. The lowest BCUT2D eigenvalue weighted by Crippen LogP contribution is -2.18. The van der Waals surface area contributed by atoms with Crippen molar-refractivity contribution in [3.63, 3.8) is 0 Å². The zero-order chi connectivity index (χ0) is 16.4. The zero-order valence-electron chi connectivity index (χ0n) is 12.8. The van der Waals surface area contributed by atoms with Gasteiger partial charge >= 0.3 is 6.18 Å². The molecule has 0 radical (unpaired) electrons. The van der Waals surface area contributed by atoms with E-state index in [0.717, 1.165) is 35.3 Å². The summed E-state index contributed by atoms with van der Waals surface area (Å²) in [5.74, 6) is 1.50. The molecule has 0 atom stereocenters. The van der Waals surface area contributed by atoms with Gasteiger partial charge in [-0.05, 0) is 38.2 Å². The minimum atomic E-state index is -4.26. The summed E-state index contributed by atoms with van der Waals surface area (Å²) >= 11 is 1.72. The highest BCUT2D eigenvalue weighted by molar-refractivity contribution is 7.19. The Kier molecular flexibility index (Phi) is 4.72. The van der Waals surface area contributed by atoms with Crippen LogP contribution >= 0.6 is 11.3 Å². The third kappa shape index (κ3) is 3.92. The van der Waals surface area contributed by atoms with Gasteiger partial charge in [0.1, 0.15) is 23.1 Å². The molecule has 2 heterocycles. The highest BCUT2D eigenvalue weighted by Crippen LogP contribution is 2.39. The van der Waals surface area contributed by atoms with E-state index in [1.165, 1.54) is 10.4 Å². The first kappa shape index (κ1) is 16.4. The molecule has 126 valence electrons. The number of nitrogens with one attached hydrogen (secondary N) is 1. The lowest BCUT2D eigenvalue weighted by atomic mass is 10.2. The summed E-state index contributed by atoms with van der Waals surface area (Å²) in [7, 11) is 0. The van der Waals surface area contributed by atoms with Crippen LogP contribution in [0.4, 0.5) is 19.0 Å². The first-order chi connectivity index (χ1) is 10.9. The quantitative estimate of drug-likeness (QED) is 0.808. The van der Waals surface area contributed by atoms with Gasteiger partial charge in [-0.1, -0.05) is 0 Å². The van der Waals surface area contributed by atoms with E-state index < -0.39 is 12.8 Å². The van der Waals surface area contributed by atoms with Crippen LogP contribution in [0.2, 0.25) is 0 Å². The Morgan fingerprint density at radius 3 is 2.87 bits per heavy atom. The van der Waals surface area contributed by atoms with Crippen LogP contribution in [0.15, 0.2) is 0 Å². The Hall–Kier alpha value is -1.41. The summed E-state index contributed by atoms with van der Waals surface area (Å²) in [4.78, 5) is 11.4. The largest absolute Gasteiger partial charge is 0.411 e. The van der Waals surface area contributed by atoms with Gasteiger partial charge in [-0.3, -0.25) is 0 Å². The molecule has 0 amide bonds. The van der Waals surface area contributed by atoms with Gasteiger partial charge in [-0.2, -0.15) is 13.2 Å². The summed E-state index contributed by atoms with van der Waals surface area (Å²) in [6, 6.07) is 0. The molecule has 2 aromatic rings. The van der Waals surface area contributed by atoms with Crippen molar-refractivity contribution in [1.29, 1.82) is 0 Å². The number of fused-ring (bicyclic) bond motifs is 3. The second kappa shape index (κ2) is 6.60. The van der Waals surface area contributed by atoms with E-state index in [-0.39, 0.29) is 6.61 Å². The highest BCUT2D eigenvalue weighted by Gasteiger charge is 2.27. The maximum Gasteiger partial charge on any atom is 0.411 e. The molecule has 8 heteroatoms. The van der Waals surface area contributed by atoms with Crippen molar-refractivity contribution >= 4 is 27.4 Å². The van der Waals surface area contributed by atoms with Crippen LogP contribution in [-0.2, 0) is 17.6 Å². The number of aromatic nitrogens is 2. The molecular formula is C15H18F3N3OS. The summed E-state index contributed by atoms with van der Waals surface area (Å²) < 4.78 is 40.6. The standard InChI is InChI=1S/C15H18F3N3OS/c1-9-20-13(19-6-3-7-22-8-15(16,17)18)12-10-4-2-5-11(10)23-14(12)21-9/h2-8H2,1H3,(H,19,20,21). The van der Waals surface area contributed by atoms with E-state index in [1.807, 2.05) is 6.92 Å². The van der Waals surface area contributed by atoms with E-state index in [0.29, 0.717) is 18.8 Å². The number of thiophene rings is 1. The van der Waals surface area contributed by atoms with Crippen molar-refractivity contribution < 1.29 is 17.9 Å². The Morgan fingerprint density at radius 1 is 1.26 bits per heavy atom. The summed E-state index contributed by atoms with van der Waals surface area (Å²) in [6.07, 6.45) is -0.464. The number of rotatable bonds is 6. The molecule has 2 aromatic heterocycles. The molecule has 0 bridgehead atoms. The first-order valence-corrected chi connectivity index (χ1v) is 8.43. The van der Waals surface area contributed by atoms with Crippen molar-refractivity contribution in [2.24, 2.45) is 0 Å². The minimum Gasteiger partial charge on any atom is -0.372 e. The molecule has 1 N–H and O–H groups in total. The fourth-order valence-corrected chi connectivity index (χ4v) is 4.11. The molecule has 3 rings (SSSR count). The van der Waals surface area contributed by atoms with Crippen LogP contribution in [0, 0.1) is 6.92 Å².